The van der Waals surface area contributed by atoms with E-state index in [1.807, 2.05) is 6.92 Å². The Labute approximate surface area is 144 Å². The van der Waals surface area contributed by atoms with Crippen LogP contribution in [-0.2, 0) is 23.1 Å². The maximum atomic E-state index is 12.1. The van der Waals surface area contributed by atoms with Crippen LogP contribution in [0.25, 0.3) is 11.4 Å². The fourth-order valence-electron chi connectivity index (χ4n) is 1.77. The van der Waals surface area contributed by atoms with Gasteiger partial charge in [-0.2, -0.15) is 10.1 Å². The Morgan fingerprint density at radius 2 is 2.26 bits per heavy atom. The SMILES string of the molecule is CCn1cc(-c2noc(CNS(=O)(=O)c3ccc(Br)s3)n2)cn1. The van der Waals surface area contributed by atoms with E-state index >= 15 is 0 Å². The highest BCUT2D eigenvalue weighted by molar-refractivity contribution is 9.11. The van der Waals surface area contributed by atoms with Crippen LogP contribution >= 0.6 is 27.3 Å². The quantitative estimate of drug-likeness (QED) is 0.659. The summed E-state index contributed by atoms with van der Waals surface area (Å²) < 4.78 is 34.4. The zero-order valence-corrected chi connectivity index (χ0v) is 15.2. The van der Waals surface area contributed by atoms with Gasteiger partial charge in [-0.1, -0.05) is 5.16 Å². The van der Waals surface area contributed by atoms with E-state index in [4.69, 9.17) is 4.52 Å². The second kappa shape index (κ2) is 6.51. The van der Waals surface area contributed by atoms with Crippen LogP contribution in [0, 0.1) is 0 Å². The van der Waals surface area contributed by atoms with Gasteiger partial charge in [0, 0.05) is 12.7 Å². The number of rotatable bonds is 6. The molecule has 3 heterocycles. The molecule has 0 spiro atoms. The van der Waals surface area contributed by atoms with Crippen molar-refractivity contribution in [3.05, 3.63) is 34.2 Å². The van der Waals surface area contributed by atoms with Crippen molar-refractivity contribution in [3.8, 4) is 11.4 Å². The molecule has 0 radical (unpaired) electrons. The van der Waals surface area contributed by atoms with Gasteiger partial charge in [0.25, 0.3) is 10.0 Å². The molecule has 0 saturated carbocycles. The van der Waals surface area contributed by atoms with Gasteiger partial charge in [-0.15, -0.1) is 11.3 Å². The number of hydrogen-bond donors (Lipinski definition) is 1. The van der Waals surface area contributed by atoms with Gasteiger partial charge in [-0.25, -0.2) is 13.1 Å². The van der Waals surface area contributed by atoms with Gasteiger partial charge in [-0.05, 0) is 35.0 Å². The molecule has 0 bridgehead atoms. The van der Waals surface area contributed by atoms with E-state index in [-0.39, 0.29) is 16.6 Å². The first-order valence-electron chi connectivity index (χ1n) is 6.58. The Morgan fingerprint density at radius 1 is 1.43 bits per heavy atom. The summed E-state index contributed by atoms with van der Waals surface area (Å²) in [6.45, 7) is 2.63. The summed E-state index contributed by atoms with van der Waals surface area (Å²) in [5, 5.41) is 7.96. The number of nitrogens with one attached hydrogen (secondary N) is 1. The smallest absolute Gasteiger partial charge is 0.250 e. The van der Waals surface area contributed by atoms with Crippen molar-refractivity contribution in [2.45, 2.75) is 24.2 Å². The molecule has 8 nitrogen and oxygen atoms in total. The number of aromatic nitrogens is 4. The highest BCUT2D eigenvalue weighted by Gasteiger charge is 2.18. The van der Waals surface area contributed by atoms with Crippen molar-refractivity contribution in [1.82, 2.24) is 24.6 Å². The number of aryl methyl sites for hydroxylation is 1. The molecular formula is C12H12BrN5O3S2. The third-order valence-electron chi connectivity index (χ3n) is 2.91. The zero-order valence-electron chi connectivity index (χ0n) is 11.9. The lowest BCUT2D eigenvalue weighted by Crippen LogP contribution is -2.22. The van der Waals surface area contributed by atoms with Crippen molar-refractivity contribution >= 4 is 37.3 Å². The molecule has 0 aliphatic heterocycles. The maximum Gasteiger partial charge on any atom is 0.250 e. The average Bonchev–Trinajstić information content (AvgIpc) is 3.25. The third kappa shape index (κ3) is 3.68. The fourth-order valence-corrected chi connectivity index (χ4v) is 4.79. The van der Waals surface area contributed by atoms with Gasteiger partial charge in [0.1, 0.15) is 4.21 Å². The Kier molecular flexibility index (Phi) is 4.62. The molecule has 11 heteroatoms. The lowest BCUT2D eigenvalue weighted by molar-refractivity contribution is 0.376. The van der Waals surface area contributed by atoms with Gasteiger partial charge < -0.3 is 4.52 Å². The van der Waals surface area contributed by atoms with Crippen LogP contribution in [0.2, 0.25) is 0 Å². The highest BCUT2D eigenvalue weighted by atomic mass is 79.9. The molecule has 3 rings (SSSR count). The molecule has 0 fully saturated rings. The first-order valence-corrected chi connectivity index (χ1v) is 9.67. The fraction of sp³-hybridized carbons (Fsp3) is 0.250. The molecule has 0 aromatic carbocycles. The van der Waals surface area contributed by atoms with Crippen molar-refractivity contribution in [2.75, 3.05) is 0 Å². The summed E-state index contributed by atoms with van der Waals surface area (Å²) in [5.74, 6) is 0.557. The average molecular weight is 418 g/mol. The third-order valence-corrected chi connectivity index (χ3v) is 6.43. The van der Waals surface area contributed by atoms with Gasteiger partial charge >= 0.3 is 0 Å². The Hall–Kier alpha value is -1.56. The largest absolute Gasteiger partial charge is 0.338 e. The standard InChI is InChI=1S/C12H12BrN5O3S2/c1-2-18-7-8(5-14-18)12-16-10(21-17-12)6-15-23(19,20)11-4-3-9(13)22-11/h3-5,7,15H,2,6H2,1H3. The summed E-state index contributed by atoms with van der Waals surface area (Å²) in [6, 6.07) is 3.20. The van der Waals surface area contributed by atoms with Crippen molar-refractivity contribution in [1.29, 1.82) is 0 Å². The summed E-state index contributed by atoms with van der Waals surface area (Å²) in [4.78, 5) is 4.17. The van der Waals surface area contributed by atoms with Crippen molar-refractivity contribution in [2.24, 2.45) is 0 Å². The van der Waals surface area contributed by atoms with E-state index in [9.17, 15) is 8.42 Å². The Morgan fingerprint density at radius 3 is 2.91 bits per heavy atom. The number of sulfonamides is 1. The monoisotopic (exact) mass is 417 g/mol. The lowest BCUT2D eigenvalue weighted by atomic mass is 10.3. The van der Waals surface area contributed by atoms with Gasteiger partial charge in [0.15, 0.2) is 0 Å². The molecule has 3 aromatic heterocycles. The molecule has 0 saturated heterocycles. The molecule has 0 aliphatic carbocycles. The topological polar surface area (TPSA) is 103 Å². The zero-order chi connectivity index (χ0) is 16.4. The van der Waals surface area contributed by atoms with Crippen molar-refractivity contribution < 1.29 is 12.9 Å². The lowest BCUT2D eigenvalue weighted by Gasteiger charge is -2.00. The molecule has 122 valence electrons. The predicted octanol–water partition coefficient (Wildman–Crippen LogP) is 2.26. The van der Waals surface area contributed by atoms with Crippen LogP contribution in [0.15, 0.2) is 37.0 Å². The minimum absolute atomic E-state index is 0.0766. The van der Waals surface area contributed by atoms with Gasteiger partial charge in [0.2, 0.25) is 11.7 Å². The second-order valence-corrected chi connectivity index (χ2v) is 8.94. The van der Waals surface area contributed by atoms with E-state index in [0.717, 1.165) is 21.7 Å². The molecule has 0 atom stereocenters. The minimum atomic E-state index is -3.60. The first kappa shape index (κ1) is 16.3. The van der Waals surface area contributed by atoms with E-state index in [1.54, 1.807) is 23.1 Å². The molecular weight excluding hydrogens is 406 g/mol. The maximum absolute atomic E-state index is 12.1. The van der Waals surface area contributed by atoms with Crippen LogP contribution in [0.5, 0.6) is 0 Å². The number of halogens is 1. The molecule has 23 heavy (non-hydrogen) atoms. The number of hydrogen-bond acceptors (Lipinski definition) is 7. The Bertz CT molecular complexity index is 915. The van der Waals surface area contributed by atoms with Crippen LogP contribution < -0.4 is 4.72 Å². The molecule has 3 aromatic rings. The van der Waals surface area contributed by atoms with E-state index < -0.39 is 10.0 Å². The predicted molar refractivity (Wildman–Crippen MR) is 87.2 cm³/mol. The van der Waals surface area contributed by atoms with E-state index in [2.05, 4.69) is 35.9 Å². The van der Waals surface area contributed by atoms with Gasteiger partial charge in [0.05, 0.1) is 22.1 Å². The van der Waals surface area contributed by atoms with E-state index in [1.165, 1.54) is 6.07 Å². The summed E-state index contributed by atoms with van der Waals surface area (Å²) in [6.07, 6.45) is 3.42. The number of thiophene rings is 1. The van der Waals surface area contributed by atoms with Gasteiger partial charge in [-0.3, -0.25) is 4.68 Å². The highest BCUT2D eigenvalue weighted by Crippen LogP contribution is 2.26. The first-order chi connectivity index (χ1) is 11.0. The second-order valence-electron chi connectivity index (χ2n) is 4.48. The van der Waals surface area contributed by atoms with Crippen LogP contribution in [0.1, 0.15) is 12.8 Å². The summed E-state index contributed by atoms with van der Waals surface area (Å²) in [5.41, 5.74) is 0.715. The normalized spacial score (nSPS) is 11.9. The van der Waals surface area contributed by atoms with Crippen LogP contribution in [0.4, 0.5) is 0 Å². The van der Waals surface area contributed by atoms with Crippen molar-refractivity contribution in [3.63, 3.8) is 0 Å². The van der Waals surface area contributed by atoms with Crippen LogP contribution in [0.3, 0.4) is 0 Å². The van der Waals surface area contributed by atoms with E-state index in [0.29, 0.717) is 11.4 Å². The molecule has 0 unspecified atom stereocenters. The summed E-state index contributed by atoms with van der Waals surface area (Å²) >= 11 is 4.36. The minimum Gasteiger partial charge on any atom is -0.338 e. The number of nitrogens with zero attached hydrogens (tertiary/aromatic N) is 4. The van der Waals surface area contributed by atoms with Crippen LogP contribution in [-0.4, -0.2) is 28.3 Å². The summed E-state index contributed by atoms with van der Waals surface area (Å²) in [7, 11) is -3.60. The molecule has 0 amide bonds. The molecule has 1 N–H and O–H groups in total. The Balaban J connectivity index is 1.70. The molecule has 0 aliphatic rings.